The molecule has 3 aliphatic rings. The van der Waals surface area contributed by atoms with Gasteiger partial charge in [-0.25, -0.2) is 18.9 Å². The average Bonchev–Trinajstić information content (AvgIpc) is 3.61. The number of esters is 1. The van der Waals surface area contributed by atoms with Crippen molar-refractivity contribution in [3.8, 4) is 11.4 Å². The number of aromatic nitrogens is 5. The number of hydrogen-bond acceptors (Lipinski definition) is 9. The molecule has 0 radical (unpaired) electrons. The molecule has 13 heteroatoms. The second-order valence-electron chi connectivity index (χ2n) is 12.0. The van der Waals surface area contributed by atoms with Gasteiger partial charge >= 0.3 is 5.97 Å². The van der Waals surface area contributed by atoms with E-state index in [1.165, 1.54) is 15.3 Å². The molecule has 3 N–H and O–H groups in total. The molecular weight excluding hydrogens is 571 g/mol. The maximum Gasteiger partial charge on any atom is 0.343 e. The van der Waals surface area contributed by atoms with Crippen LogP contribution in [0.3, 0.4) is 0 Å². The number of aliphatic hydroxyl groups excluding tert-OH is 1. The lowest BCUT2D eigenvalue weighted by molar-refractivity contribution is -0.172. The molecule has 12 nitrogen and oxygen atoms in total. The van der Waals surface area contributed by atoms with Crippen LogP contribution in [0.2, 0.25) is 0 Å². The number of halogens is 1. The molecule has 7 rings (SSSR count). The van der Waals surface area contributed by atoms with E-state index in [0.29, 0.717) is 40.9 Å². The van der Waals surface area contributed by atoms with Crippen LogP contribution in [0.25, 0.3) is 22.3 Å². The molecule has 228 valence electrons. The van der Waals surface area contributed by atoms with E-state index in [4.69, 9.17) is 9.72 Å². The highest BCUT2D eigenvalue weighted by Crippen LogP contribution is 2.46. The fourth-order valence-electron chi connectivity index (χ4n) is 6.96. The molecule has 2 atom stereocenters. The van der Waals surface area contributed by atoms with Crippen molar-refractivity contribution in [2.45, 2.75) is 84.4 Å². The number of carbonyl (C=O) groups is 2. The van der Waals surface area contributed by atoms with E-state index in [-0.39, 0.29) is 48.1 Å². The highest BCUT2D eigenvalue weighted by molar-refractivity contribution is 5.96. The van der Waals surface area contributed by atoms with Crippen molar-refractivity contribution in [2.75, 3.05) is 0 Å². The van der Waals surface area contributed by atoms with Gasteiger partial charge in [0.05, 0.1) is 41.7 Å². The number of benzene rings is 1. The number of nitrogens with zero attached hydrogens (tertiary/aromatic N) is 5. The number of aliphatic hydroxyl groups is 2. The van der Waals surface area contributed by atoms with Gasteiger partial charge in [-0.05, 0) is 62.8 Å². The molecule has 3 aromatic heterocycles. The number of ether oxygens (including phenoxy) is 1. The summed E-state index contributed by atoms with van der Waals surface area (Å²) in [5.74, 6) is -1.69. The molecule has 1 amide bonds. The smallest absolute Gasteiger partial charge is 0.343 e. The summed E-state index contributed by atoms with van der Waals surface area (Å²) in [5, 5.41) is 33.0. The summed E-state index contributed by atoms with van der Waals surface area (Å²) in [4.78, 5) is 45.1. The van der Waals surface area contributed by atoms with Gasteiger partial charge in [0.15, 0.2) is 11.3 Å². The predicted octanol–water partition coefficient (Wildman–Crippen LogP) is 2.61. The zero-order valence-electron chi connectivity index (χ0n) is 24.7. The number of hydrogen-bond donors (Lipinski definition) is 3. The lowest BCUT2D eigenvalue weighted by Gasteiger charge is -2.31. The Hall–Kier alpha value is -4.49. The van der Waals surface area contributed by atoms with Crippen molar-refractivity contribution >= 4 is 22.8 Å². The summed E-state index contributed by atoms with van der Waals surface area (Å²) in [6.45, 7) is 6.47. The van der Waals surface area contributed by atoms with Gasteiger partial charge in [-0.2, -0.15) is 0 Å². The molecule has 1 aliphatic carbocycles. The number of nitrogens with one attached hydrogen (secondary N) is 1. The summed E-state index contributed by atoms with van der Waals surface area (Å²) in [7, 11) is 0. The fourth-order valence-corrected chi connectivity index (χ4v) is 6.96. The van der Waals surface area contributed by atoms with Crippen LogP contribution in [0.15, 0.2) is 16.9 Å². The first-order valence-electron chi connectivity index (χ1n) is 14.7. The third-order valence-corrected chi connectivity index (χ3v) is 9.30. The van der Waals surface area contributed by atoms with Gasteiger partial charge in [-0.15, -0.1) is 5.10 Å². The Balaban J connectivity index is 1.44. The van der Waals surface area contributed by atoms with Gasteiger partial charge in [0.2, 0.25) is 0 Å². The quantitative estimate of drug-likeness (QED) is 0.257. The molecule has 44 heavy (non-hydrogen) atoms. The molecule has 0 saturated carbocycles. The van der Waals surface area contributed by atoms with E-state index in [1.54, 1.807) is 19.9 Å². The molecule has 1 aromatic carbocycles. The van der Waals surface area contributed by atoms with Gasteiger partial charge in [0, 0.05) is 28.6 Å². The van der Waals surface area contributed by atoms with Crippen molar-refractivity contribution < 1.29 is 28.9 Å². The van der Waals surface area contributed by atoms with Crippen LogP contribution in [-0.4, -0.2) is 46.6 Å². The van der Waals surface area contributed by atoms with Crippen LogP contribution in [0, 0.1) is 12.7 Å². The Labute approximate surface area is 250 Å². The highest BCUT2D eigenvalue weighted by Gasteiger charge is 2.46. The van der Waals surface area contributed by atoms with Gasteiger partial charge in [0.25, 0.3) is 11.5 Å². The predicted molar refractivity (Wildman–Crippen MR) is 154 cm³/mol. The van der Waals surface area contributed by atoms with Gasteiger partial charge in [0.1, 0.15) is 18.1 Å². The van der Waals surface area contributed by atoms with Gasteiger partial charge in [-0.3, -0.25) is 9.59 Å². The van der Waals surface area contributed by atoms with E-state index in [0.717, 1.165) is 16.5 Å². The summed E-state index contributed by atoms with van der Waals surface area (Å²) >= 11 is 0. The molecule has 0 unspecified atom stereocenters. The molecule has 2 aliphatic heterocycles. The first-order valence-corrected chi connectivity index (χ1v) is 14.7. The number of aryl methyl sites for hydroxylation is 1. The van der Waals surface area contributed by atoms with Crippen LogP contribution in [0.1, 0.15) is 95.3 Å². The minimum Gasteiger partial charge on any atom is -0.458 e. The van der Waals surface area contributed by atoms with E-state index in [9.17, 15) is 24.6 Å². The molecule has 0 fully saturated rings. The number of cyclic esters (lactones) is 1. The Morgan fingerprint density at radius 3 is 2.73 bits per heavy atom. The molecular formula is C31H31FN6O6. The van der Waals surface area contributed by atoms with Crippen LogP contribution in [-0.2, 0) is 41.3 Å². The Kier molecular flexibility index (Phi) is 6.28. The first-order chi connectivity index (χ1) is 21.0. The van der Waals surface area contributed by atoms with Crippen molar-refractivity contribution in [1.29, 1.82) is 0 Å². The standard InChI is InChI=1S/C31H31FN6O6/c1-5-31(43)18-8-23-26-16(10-37(23)29(41)17(18)12-44-30(31)42)25-20(7-6-15-14(4)19(32)9-21(33-26)24(15)25)34-28(40)27-22(11-39)35-36-38(27)13(2)3/h8-9,13,20,39,43H,5-7,10-12H2,1-4H3,(H,34,40)/t20-,31-/m0/s1. The minimum absolute atomic E-state index is 0.00455. The van der Waals surface area contributed by atoms with Crippen molar-refractivity contribution in [2.24, 2.45) is 0 Å². The molecule has 0 saturated heterocycles. The number of rotatable bonds is 5. The van der Waals surface area contributed by atoms with E-state index in [1.807, 2.05) is 13.8 Å². The lowest BCUT2D eigenvalue weighted by Crippen LogP contribution is -2.44. The molecule has 0 spiro atoms. The van der Waals surface area contributed by atoms with Crippen LogP contribution in [0.5, 0.6) is 0 Å². The zero-order valence-corrected chi connectivity index (χ0v) is 24.7. The monoisotopic (exact) mass is 602 g/mol. The maximum atomic E-state index is 15.2. The van der Waals surface area contributed by atoms with Crippen molar-refractivity contribution in [3.05, 3.63) is 73.1 Å². The Bertz CT molecular complexity index is 2000. The minimum atomic E-state index is -1.99. The van der Waals surface area contributed by atoms with Crippen LogP contribution >= 0.6 is 0 Å². The normalized spacial score (nSPS) is 20.0. The molecule has 0 bridgehead atoms. The molecule has 4 aromatic rings. The summed E-state index contributed by atoms with van der Waals surface area (Å²) in [5.41, 5.74) is 2.21. The number of carbonyl (C=O) groups excluding carboxylic acids is 2. The lowest BCUT2D eigenvalue weighted by atomic mass is 9.81. The van der Waals surface area contributed by atoms with E-state index >= 15 is 4.39 Å². The maximum absolute atomic E-state index is 15.2. The molecule has 5 heterocycles. The van der Waals surface area contributed by atoms with Crippen LogP contribution < -0.4 is 10.9 Å². The Morgan fingerprint density at radius 1 is 1.25 bits per heavy atom. The number of amides is 1. The fraction of sp³-hybridized carbons (Fsp3) is 0.419. The summed E-state index contributed by atoms with van der Waals surface area (Å²) in [6.07, 6.45) is 0.938. The van der Waals surface area contributed by atoms with E-state index in [2.05, 4.69) is 15.6 Å². The number of pyridine rings is 2. The Morgan fingerprint density at radius 2 is 2.02 bits per heavy atom. The van der Waals surface area contributed by atoms with E-state index < -0.39 is 41.5 Å². The zero-order chi connectivity index (χ0) is 31.2. The third kappa shape index (κ3) is 3.75. The summed E-state index contributed by atoms with van der Waals surface area (Å²) < 4.78 is 23.4. The highest BCUT2D eigenvalue weighted by atomic mass is 19.1. The third-order valence-electron chi connectivity index (χ3n) is 9.30. The largest absolute Gasteiger partial charge is 0.458 e. The van der Waals surface area contributed by atoms with Gasteiger partial charge < -0.3 is 24.8 Å². The van der Waals surface area contributed by atoms with Gasteiger partial charge in [-0.1, -0.05) is 12.1 Å². The van der Waals surface area contributed by atoms with Crippen LogP contribution in [0.4, 0.5) is 4.39 Å². The topological polar surface area (TPSA) is 161 Å². The summed E-state index contributed by atoms with van der Waals surface area (Å²) in [6, 6.07) is 2.24. The second-order valence-corrected chi connectivity index (χ2v) is 12.0. The number of fused-ring (bicyclic) bond motifs is 5. The SMILES string of the molecule is CC[C@@]1(O)C(=O)OCc2c1cc1n(c2=O)Cc2c-1nc1cc(F)c(C)c3c1c2[C@@H](NC(=O)c1c(CO)nnn1C(C)C)CC3. The second kappa shape index (κ2) is 9.76. The first kappa shape index (κ1) is 28.3. The van der Waals surface area contributed by atoms with Crippen molar-refractivity contribution in [1.82, 2.24) is 29.9 Å². The van der Waals surface area contributed by atoms with Crippen molar-refractivity contribution in [3.63, 3.8) is 0 Å². The average molecular weight is 603 g/mol.